The van der Waals surface area contributed by atoms with Gasteiger partial charge in [-0.15, -0.1) is 0 Å². The summed E-state index contributed by atoms with van der Waals surface area (Å²) in [6.45, 7) is 7.20. The van der Waals surface area contributed by atoms with Crippen LogP contribution in [0.15, 0.2) is 6.07 Å². The van der Waals surface area contributed by atoms with Gasteiger partial charge in [0.25, 0.3) is 0 Å². The SMILES string of the molecule is Cc1cc(NN)nc(CN2CC(C)C(N(C)C)C2)n1. The van der Waals surface area contributed by atoms with E-state index in [1.807, 2.05) is 13.0 Å². The van der Waals surface area contributed by atoms with Gasteiger partial charge in [-0.1, -0.05) is 6.92 Å². The molecule has 2 heterocycles. The van der Waals surface area contributed by atoms with Crippen LogP contribution in [0.25, 0.3) is 0 Å². The number of anilines is 1. The first kappa shape index (κ1) is 14.2. The van der Waals surface area contributed by atoms with Crippen LogP contribution in [-0.4, -0.2) is 53.0 Å². The van der Waals surface area contributed by atoms with Gasteiger partial charge in [0.2, 0.25) is 0 Å². The minimum absolute atomic E-state index is 0.608. The summed E-state index contributed by atoms with van der Waals surface area (Å²) < 4.78 is 0. The zero-order chi connectivity index (χ0) is 14.0. The Morgan fingerprint density at radius 2 is 2.16 bits per heavy atom. The van der Waals surface area contributed by atoms with Crippen molar-refractivity contribution in [2.45, 2.75) is 26.4 Å². The van der Waals surface area contributed by atoms with Crippen LogP contribution < -0.4 is 11.3 Å². The molecule has 3 N–H and O–H groups in total. The van der Waals surface area contributed by atoms with Gasteiger partial charge in [0.05, 0.1) is 6.54 Å². The van der Waals surface area contributed by atoms with Crippen molar-refractivity contribution >= 4 is 5.82 Å². The van der Waals surface area contributed by atoms with Crippen molar-refractivity contribution in [1.29, 1.82) is 0 Å². The predicted molar refractivity (Wildman–Crippen MR) is 76.5 cm³/mol. The number of hydrazine groups is 1. The average Bonchev–Trinajstić information content (AvgIpc) is 2.69. The summed E-state index contributed by atoms with van der Waals surface area (Å²) in [5, 5.41) is 0. The van der Waals surface area contributed by atoms with E-state index in [1.54, 1.807) is 0 Å². The highest BCUT2D eigenvalue weighted by atomic mass is 15.3. The molecular weight excluding hydrogens is 240 g/mol. The normalized spacial score (nSPS) is 24.1. The van der Waals surface area contributed by atoms with Crippen LogP contribution in [0, 0.1) is 12.8 Å². The standard InChI is InChI=1S/C13H24N6/c1-9-6-19(7-11(9)18(3)4)8-13-15-10(2)5-12(16-13)17-14/h5,9,11H,6-8,14H2,1-4H3,(H,15,16,17). The number of aromatic nitrogens is 2. The average molecular weight is 264 g/mol. The number of aryl methyl sites for hydroxylation is 1. The van der Waals surface area contributed by atoms with Crippen molar-refractivity contribution in [3.05, 3.63) is 17.6 Å². The summed E-state index contributed by atoms with van der Waals surface area (Å²) in [5.41, 5.74) is 3.53. The molecule has 1 fully saturated rings. The first-order chi connectivity index (χ1) is 8.99. The third-order valence-electron chi connectivity index (χ3n) is 3.73. The fraction of sp³-hybridized carbons (Fsp3) is 0.692. The summed E-state index contributed by atoms with van der Waals surface area (Å²) in [6.07, 6.45) is 0. The van der Waals surface area contributed by atoms with E-state index in [0.717, 1.165) is 31.2 Å². The maximum atomic E-state index is 5.42. The Morgan fingerprint density at radius 3 is 2.74 bits per heavy atom. The van der Waals surface area contributed by atoms with E-state index in [4.69, 9.17) is 5.84 Å². The molecule has 2 atom stereocenters. The smallest absolute Gasteiger partial charge is 0.145 e. The zero-order valence-corrected chi connectivity index (χ0v) is 12.2. The monoisotopic (exact) mass is 264 g/mol. The highest BCUT2D eigenvalue weighted by Gasteiger charge is 2.31. The van der Waals surface area contributed by atoms with E-state index in [9.17, 15) is 0 Å². The van der Waals surface area contributed by atoms with Gasteiger partial charge in [-0.3, -0.25) is 4.90 Å². The number of likely N-dealkylation sites (tertiary alicyclic amines) is 1. The fourth-order valence-electron chi connectivity index (χ4n) is 2.82. The molecule has 0 radical (unpaired) electrons. The van der Waals surface area contributed by atoms with E-state index in [0.29, 0.717) is 17.8 Å². The molecular formula is C13H24N6. The molecule has 0 aliphatic carbocycles. The number of likely N-dealkylation sites (N-methyl/N-ethyl adjacent to an activating group) is 1. The second-order valence-corrected chi connectivity index (χ2v) is 5.66. The molecule has 2 rings (SSSR count). The Bertz CT molecular complexity index is 433. The number of hydrogen-bond acceptors (Lipinski definition) is 6. The highest BCUT2D eigenvalue weighted by molar-refractivity contribution is 5.33. The second kappa shape index (κ2) is 5.81. The Labute approximate surface area is 115 Å². The number of nitrogens with one attached hydrogen (secondary N) is 1. The molecule has 1 aliphatic rings. The van der Waals surface area contributed by atoms with E-state index in [2.05, 4.69) is 46.2 Å². The molecule has 19 heavy (non-hydrogen) atoms. The Balaban J connectivity index is 2.04. The molecule has 0 spiro atoms. The molecule has 1 aromatic heterocycles. The Hall–Kier alpha value is -1.24. The van der Waals surface area contributed by atoms with E-state index >= 15 is 0 Å². The van der Waals surface area contributed by atoms with Crippen LogP contribution in [0.2, 0.25) is 0 Å². The molecule has 0 amide bonds. The summed E-state index contributed by atoms with van der Waals surface area (Å²) in [4.78, 5) is 13.6. The quantitative estimate of drug-likeness (QED) is 0.608. The van der Waals surface area contributed by atoms with Crippen LogP contribution in [0.1, 0.15) is 18.4 Å². The topological polar surface area (TPSA) is 70.3 Å². The number of nitrogen functional groups attached to an aromatic ring is 1. The minimum atomic E-state index is 0.608. The molecule has 6 heteroatoms. The van der Waals surface area contributed by atoms with Crippen LogP contribution in [0.3, 0.4) is 0 Å². The van der Waals surface area contributed by atoms with Crippen LogP contribution in [0.5, 0.6) is 0 Å². The predicted octanol–water partition coefficient (Wildman–Crippen LogP) is 0.453. The molecule has 6 nitrogen and oxygen atoms in total. The van der Waals surface area contributed by atoms with Crippen molar-refractivity contribution in [2.24, 2.45) is 11.8 Å². The van der Waals surface area contributed by atoms with Crippen molar-refractivity contribution in [3.63, 3.8) is 0 Å². The first-order valence-electron chi connectivity index (χ1n) is 6.69. The zero-order valence-electron chi connectivity index (χ0n) is 12.2. The van der Waals surface area contributed by atoms with Crippen molar-refractivity contribution in [1.82, 2.24) is 19.8 Å². The minimum Gasteiger partial charge on any atom is -0.308 e. The molecule has 106 valence electrons. The summed E-state index contributed by atoms with van der Waals surface area (Å²) in [7, 11) is 4.29. The molecule has 0 saturated carbocycles. The van der Waals surface area contributed by atoms with Gasteiger partial charge in [-0.2, -0.15) is 0 Å². The van der Waals surface area contributed by atoms with Crippen LogP contribution >= 0.6 is 0 Å². The number of nitrogens with zero attached hydrogens (tertiary/aromatic N) is 4. The van der Waals surface area contributed by atoms with Gasteiger partial charge in [0.15, 0.2) is 0 Å². The number of hydrogen-bond donors (Lipinski definition) is 2. The van der Waals surface area contributed by atoms with Gasteiger partial charge in [0, 0.05) is 30.9 Å². The highest BCUT2D eigenvalue weighted by Crippen LogP contribution is 2.21. The molecule has 1 saturated heterocycles. The number of rotatable bonds is 4. The van der Waals surface area contributed by atoms with E-state index in [1.165, 1.54) is 0 Å². The van der Waals surface area contributed by atoms with Gasteiger partial charge in [-0.25, -0.2) is 15.8 Å². The van der Waals surface area contributed by atoms with Gasteiger partial charge >= 0.3 is 0 Å². The van der Waals surface area contributed by atoms with Gasteiger partial charge < -0.3 is 10.3 Å². The van der Waals surface area contributed by atoms with Crippen LogP contribution in [-0.2, 0) is 6.54 Å². The first-order valence-corrected chi connectivity index (χ1v) is 6.69. The maximum absolute atomic E-state index is 5.42. The molecule has 2 unspecified atom stereocenters. The van der Waals surface area contributed by atoms with E-state index in [-0.39, 0.29) is 0 Å². The third kappa shape index (κ3) is 3.40. The lowest BCUT2D eigenvalue weighted by atomic mass is 10.1. The van der Waals surface area contributed by atoms with Crippen molar-refractivity contribution < 1.29 is 0 Å². The van der Waals surface area contributed by atoms with Gasteiger partial charge in [0.1, 0.15) is 11.6 Å². The van der Waals surface area contributed by atoms with Crippen molar-refractivity contribution in [2.75, 3.05) is 32.6 Å². The lowest BCUT2D eigenvalue weighted by Gasteiger charge is -2.22. The largest absolute Gasteiger partial charge is 0.308 e. The number of nitrogens with two attached hydrogens (primary N) is 1. The summed E-state index contributed by atoms with van der Waals surface area (Å²) in [5.74, 6) is 7.60. The lowest BCUT2D eigenvalue weighted by Crippen LogP contribution is -2.34. The molecule has 1 aromatic rings. The maximum Gasteiger partial charge on any atom is 0.145 e. The van der Waals surface area contributed by atoms with Gasteiger partial charge in [-0.05, 0) is 26.9 Å². The Morgan fingerprint density at radius 1 is 1.42 bits per heavy atom. The van der Waals surface area contributed by atoms with Crippen molar-refractivity contribution in [3.8, 4) is 0 Å². The third-order valence-corrected chi connectivity index (χ3v) is 3.73. The van der Waals surface area contributed by atoms with Crippen LogP contribution in [0.4, 0.5) is 5.82 Å². The lowest BCUT2D eigenvalue weighted by molar-refractivity contribution is 0.248. The Kier molecular flexibility index (Phi) is 4.34. The second-order valence-electron chi connectivity index (χ2n) is 5.66. The molecule has 1 aliphatic heterocycles. The molecule has 0 aromatic carbocycles. The summed E-state index contributed by atoms with van der Waals surface area (Å²) >= 11 is 0. The van der Waals surface area contributed by atoms with E-state index < -0.39 is 0 Å². The summed E-state index contributed by atoms with van der Waals surface area (Å²) in [6, 6.07) is 2.45. The molecule has 0 bridgehead atoms. The fourth-order valence-corrected chi connectivity index (χ4v) is 2.82.